The molecule has 2 fully saturated rings. The molecule has 0 spiro atoms. The number of nitrogens with two attached hydrogens (primary N) is 1. The van der Waals surface area contributed by atoms with Gasteiger partial charge in [-0.05, 0) is 36.6 Å². The van der Waals surface area contributed by atoms with E-state index in [0.29, 0.717) is 17.4 Å². The number of aromatic nitrogens is 2. The molecular weight excluding hydrogens is 412 g/mol. The number of aromatic amines is 1. The van der Waals surface area contributed by atoms with E-state index in [1.165, 1.54) is 11.8 Å². The zero-order chi connectivity index (χ0) is 20.7. The molecule has 2 aromatic carbocycles. The molecule has 3 atom stereocenters. The predicted octanol–water partition coefficient (Wildman–Crippen LogP) is 3.86. The summed E-state index contributed by atoms with van der Waals surface area (Å²) < 4.78 is 6.32. The molecule has 1 saturated heterocycles. The Bertz CT molecular complexity index is 1070. The van der Waals surface area contributed by atoms with E-state index in [4.69, 9.17) is 10.5 Å². The highest BCUT2D eigenvalue weighted by Gasteiger charge is 2.53. The van der Waals surface area contributed by atoms with Gasteiger partial charge >= 0.3 is 0 Å². The van der Waals surface area contributed by atoms with Gasteiger partial charge in [-0.1, -0.05) is 36.8 Å². The van der Waals surface area contributed by atoms with E-state index < -0.39 is 5.91 Å². The van der Waals surface area contributed by atoms with Crippen molar-refractivity contribution in [2.45, 2.75) is 31.4 Å². The lowest BCUT2D eigenvalue weighted by molar-refractivity contribution is -0.170. The number of hydrogen-bond donors (Lipinski definition) is 2. The third-order valence-corrected chi connectivity index (χ3v) is 7.13. The van der Waals surface area contributed by atoms with Crippen LogP contribution >= 0.6 is 12.4 Å². The minimum Gasteiger partial charge on any atom is -0.373 e. The summed E-state index contributed by atoms with van der Waals surface area (Å²) in [6, 6.07) is 16.0. The Morgan fingerprint density at radius 3 is 2.65 bits per heavy atom. The Hall–Kier alpha value is -2.41. The minimum absolute atomic E-state index is 0. The number of primary amides is 1. The van der Waals surface area contributed by atoms with Crippen LogP contribution in [0.25, 0.3) is 10.9 Å². The molecule has 1 saturated carbocycles. The van der Waals surface area contributed by atoms with Crippen molar-refractivity contribution in [3.63, 3.8) is 0 Å². The average molecular weight is 441 g/mol. The van der Waals surface area contributed by atoms with Gasteiger partial charge in [-0.15, -0.1) is 12.4 Å². The first-order chi connectivity index (χ1) is 14.6. The van der Waals surface area contributed by atoms with Gasteiger partial charge in [0.15, 0.2) is 0 Å². The summed E-state index contributed by atoms with van der Waals surface area (Å²) in [6.07, 6.45) is 3.45. The maximum atomic E-state index is 11.8. The van der Waals surface area contributed by atoms with E-state index >= 15 is 0 Å². The Balaban J connectivity index is 0.00000231. The first-order valence-corrected chi connectivity index (χ1v) is 10.7. The second kappa shape index (κ2) is 8.61. The number of nitrogens with one attached hydrogen (secondary N) is 1. The van der Waals surface area contributed by atoms with Crippen LogP contribution in [-0.4, -0.2) is 41.2 Å². The summed E-state index contributed by atoms with van der Waals surface area (Å²) in [4.78, 5) is 14.3. The molecule has 3 aromatic rings. The van der Waals surface area contributed by atoms with Crippen LogP contribution in [0.4, 0.5) is 0 Å². The number of para-hydroxylation sites is 1. The lowest BCUT2D eigenvalue weighted by Crippen LogP contribution is -2.58. The number of piperidine rings is 1. The van der Waals surface area contributed by atoms with Crippen molar-refractivity contribution in [1.82, 2.24) is 15.1 Å². The molecule has 1 aromatic heterocycles. The number of ether oxygens (including phenoxy) is 1. The zero-order valence-electron chi connectivity index (χ0n) is 17.7. The Labute approximate surface area is 188 Å². The fourth-order valence-corrected chi connectivity index (χ4v) is 5.84. The van der Waals surface area contributed by atoms with Gasteiger partial charge in [-0.25, -0.2) is 0 Å². The van der Waals surface area contributed by atoms with Crippen LogP contribution in [0.1, 0.15) is 40.9 Å². The van der Waals surface area contributed by atoms with Crippen LogP contribution in [0.5, 0.6) is 0 Å². The van der Waals surface area contributed by atoms with Crippen molar-refractivity contribution in [2.24, 2.45) is 17.6 Å². The standard InChI is InChI=1S/C24H28N4O2.ClH/c1-30-24(17-7-4-6-16(12-17)23(25)29)18-8-5-9-19(24)14-28(13-18)15-22-20-10-2-3-11-21(20)26-27-22;/h2-4,6-7,10-12,18-19H,5,8-9,13-15H2,1H3,(H2,25,29)(H,26,27);1H/t18-,19+,24-;. The lowest BCUT2D eigenvalue weighted by atomic mass is 9.62. The van der Waals surface area contributed by atoms with E-state index in [0.717, 1.165) is 49.2 Å². The minimum atomic E-state index is -0.392. The summed E-state index contributed by atoms with van der Waals surface area (Å²) in [5, 5.41) is 8.93. The maximum Gasteiger partial charge on any atom is 0.248 e. The fourth-order valence-electron chi connectivity index (χ4n) is 5.84. The van der Waals surface area contributed by atoms with Crippen LogP contribution in [0.2, 0.25) is 0 Å². The number of nitrogens with zero attached hydrogens (tertiary/aromatic N) is 2. The van der Waals surface area contributed by atoms with Gasteiger partial charge in [0.2, 0.25) is 5.91 Å². The van der Waals surface area contributed by atoms with Gasteiger partial charge in [0, 0.05) is 49.5 Å². The smallest absolute Gasteiger partial charge is 0.248 e. The Morgan fingerprint density at radius 1 is 1.19 bits per heavy atom. The third kappa shape index (κ3) is 3.63. The molecule has 31 heavy (non-hydrogen) atoms. The first kappa shape index (κ1) is 21.8. The van der Waals surface area contributed by atoms with Crippen LogP contribution in [-0.2, 0) is 16.9 Å². The van der Waals surface area contributed by atoms with Crippen molar-refractivity contribution in [1.29, 1.82) is 0 Å². The third-order valence-electron chi connectivity index (χ3n) is 7.13. The molecule has 5 rings (SSSR count). The molecule has 1 aliphatic heterocycles. The fraction of sp³-hybridized carbons (Fsp3) is 0.417. The predicted molar refractivity (Wildman–Crippen MR) is 123 cm³/mol. The summed E-state index contributed by atoms with van der Waals surface area (Å²) in [5.74, 6) is 0.336. The second-order valence-electron chi connectivity index (χ2n) is 8.68. The molecule has 2 aliphatic rings. The lowest BCUT2D eigenvalue weighted by Gasteiger charge is -2.55. The molecular formula is C24H29ClN4O2. The molecule has 2 bridgehead atoms. The van der Waals surface area contributed by atoms with Gasteiger partial charge in [0.1, 0.15) is 5.60 Å². The number of carbonyl (C=O) groups is 1. The highest BCUT2D eigenvalue weighted by atomic mass is 35.5. The Morgan fingerprint density at radius 2 is 1.94 bits per heavy atom. The van der Waals surface area contributed by atoms with E-state index in [-0.39, 0.29) is 18.0 Å². The molecule has 2 heterocycles. The van der Waals surface area contributed by atoms with E-state index in [2.05, 4.69) is 39.4 Å². The van der Waals surface area contributed by atoms with Gasteiger partial charge in [0.05, 0.1) is 11.2 Å². The normalized spacial score (nSPS) is 25.8. The maximum absolute atomic E-state index is 11.8. The number of H-pyrrole nitrogens is 1. The number of benzene rings is 2. The van der Waals surface area contributed by atoms with Crippen molar-refractivity contribution in [3.05, 3.63) is 65.4 Å². The monoisotopic (exact) mass is 440 g/mol. The number of carbonyl (C=O) groups excluding carboxylic acids is 1. The number of fused-ring (bicyclic) bond motifs is 3. The molecule has 0 radical (unpaired) electrons. The van der Waals surface area contributed by atoms with Gasteiger partial charge in [-0.2, -0.15) is 5.10 Å². The van der Waals surface area contributed by atoms with E-state index in [9.17, 15) is 4.79 Å². The highest BCUT2D eigenvalue weighted by Crippen LogP contribution is 2.51. The summed E-state index contributed by atoms with van der Waals surface area (Å²) in [5.41, 5.74) is 9.01. The number of methoxy groups -OCH3 is 1. The molecule has 0 unspecified atom stereocenters. The SMILES string of the molecule is CO[C@]1(c2cccc(C(N)=O)c2)[C@@H]2CCC[C@H]1CN(Cc1n[nH]c3ccccc13)C2.Cl. The molecule has 6 nitrogen and oxygen atoms in total. The molecule has 1 amide bonds. The van der Waals surface area contributed by atoms with Gasteiger partial charge < -0.3 is 10.5 Å². The number of hydrogen-bond acceptors (Lipinski definition) is 4. The number of amides is 1. The van der Waals surface area contributed by atoms with Gasteiger partial charge in [-0.3, -0.25) is 14.8 Å². The second-order valence-corrected chi connectivity index (χ2v) is 8.68. The average Bonchev–Trinajstić information content (AvgIpc) is 3.16. The zero-order valence-corrected chi connectivity index (χ0v) is 18.5. The van der Waals surface area contributed by atoms with Crippen LogP contribution in [0.3, 0.4) is 0 Å². The summed E-state index contributed by atoms with van der Waals surface area (Å²) >= 11 is 0. The van der Waals surface area contributed by atoms with E-state index in [1.54, 1.807) is 6.07 Å². The molecule has 164 valence electrons. The van der Waals surface area contributed by atoms with E-state index in [1.807, 2.05) is 25.3 Å². The van der Waals surface area contributed by atoms with Crippen LogP contribution in [0.15, 0.2) is 48.5 Å². The Kier molecular flexibility index (Phi) is 6.06. The number of rotatable bonds is 5. The first-order valence-electron chi connectivity index (χ1n) is 10.7. The van der Waals surface area contributed by atoms with Crippen LogP contribution < -0.4 is 5.73 Å². The number of halogens is 1. The summed E-state index contributed by atoms with van der Waals surface area (Å²) in [6.45, 7) is 2.73. The molecule has 7 heteroatoms. The number of likely N-dealkylation sites (tertiary alicyclic amines) is 1. The molecule has 1 aliphatic carbocycles. The van der Waals surface area contributed by atoms with Crippen molar-refractivity contribution >= 4 is 29.2 Å². The topological polar surface area (TPSA) is 84.2 Å². The largest absolute Gasteiger partial charge is 0.373 e. The van der Waals surface area contributed by atoms with Crippen LogP contribution in [0, 0.1) is 11.8 Å². The van der Waals surface area contributed by atoms with Crippen molar-refractivity contribution < 1.29 is 9.53 Å². The summed E-state index contributed by atoms with van der Waals surface area (Å²) in [7, 11) is 1.82. The highest BCUT2D eigenvalue weighted by molar-refractivity contribution is 5.93. The van der Waals surface area contributed by atoms with Crippen molar-refractivity contribution in [3.8, 4) is 0 Å². The van der Waals surface area contributed by atoms with Gasteiger partial charge in [0.25, 0.3) is 0 Å². The molecule has 3 N–H and O–H groups in total. The quantitative estimate of drug-likeness (QED) is 0.631. The van der Waals surface area contributed by atoms with Crippen molar-refractivity contribution in [2.75, 3.05) is 20.2 Å².